The number of H-pyrrole nitrogens is 1. The van der Waals surface area contributed by atoms with Crippen LogP contribution in [0.15, 0.2) is 83.5 Å². The Bertz CT molecular complexity index is 1250. The van der Waals surface area contributed by atoms with E-state index in [0.717, 1.165) is 40.1 Å². The second-order valence-electron chi connectivity index (χ2n) is 9.93. The van der Waals surface area contributed by atoms with Crippen molar-refractivity contribution >= 4 is 35.6 Å². The molecule has 3 aromatic carbocycles. The van der Waals surface area contributed by atoms with Crippen LogP contribution in [0.5, 0.6) is 11.5 Å². The number of aromatic amines is 1. The van der Waals surface area contributed by atoms with Gasteiger partial charge in [0.05, 0.1) is 21.4 Å². The van der Waals surface area contributed by atoms with Crippen LogP contribution in [0, 0.1) is 0 Å². The van der Waals surface area contributed by atoms with Crippen molar-refractivity contribution in [2.45, 2.75) is 45.8 Å². The highest BCUT2D eigenvalue weighted by Crippen LogP contribution is 2.40. The number of hydrogen-bond donors (Lipinski definition) is 1. The summed E-state index contributed by atoms with van der Waals surface area (Å²) in [5, 5.41) is 7.58. The first-order valence-electron chi connectivity index (χ1n) is 12.7. The molecule has 5 nitrogen and oxygen atoms in total. The minimum atomic E-state index is -0.819. The fourth-order valence-corrected chi connectivity index (χ4v) is 4.79. The van der Waals surface area contributed by atoms with Gasteiger partial charge in [-0.15, -0.1) is 0 Å². The van der Waals surface area contributed by atoms with E-state index in [1.54, 1.807) is 6.20 Å². The standard InChI is InChI=1S/C23H18BrClN2O2.C7H18OSi/c24-19-13-26-27-23(19)18-11-20(25)22(29-15-17-9-5-2-6-10-17)12-21(18)28-14-16-7-3-1-4-8-16;1-5-8-6-7-9(2,3)4/h1-13H,14-15H2,(H,26,27);5-7H2,1-4H3. The summed E-state index contributed by atoms with van der Waals surface area (Å²) in [7, 11) is -0.819. The first kappa shape index (κ1) is 30.0. The Hall–Kier alpha value is -2.58. The molecule has 0 atom stereocenters. The second-order valence-corrected chi connectivity index (χ2v) is 16.8. The normalized spacial score (nSPS) is 11.0. The molecule has 1 N–H and O–H groups in total. The van der Waals surface area contributed by atoms with Gasteiger partial charge >= 0.3 is 0 Å². The zero-order chi connectivity index (χ0) is 27.4. The van der Waals surface area contributed by atoms with Gasteiger partial charge in [-0.3, -0.25) is 5.10 Å². The third-order valence-electron chi connectivity index (χ3n) is 5.57. The molecular formula is C30H36BrClN2O3Si. The van der Waals surface area contributed by atoms with E-state index in [9.17, 15) is 0 Å². The number of hydrogen-bond acceptors (Lipinski definition) is 4. The number of rotatable bonds is 11. The van der Waals surface area contributed by atoms with Gasteiger partial charge in [0, 0.05) is 32.9 Å². The topological polar surface area (TPSA) is 56.4 Å². The third kappa shape index (κ3) is 9.95. The van der Waals surface area contributed by atoms with Crippen LogP contribution >= 0.6 is 27.5 Å². The van der Waals surface area contributed by atoms with Gasteiger partial charge in [-0.05, 0) is 46.1 Å². The monoisotopic (exact) mass is 614 g/mol. The molecule has 4 rings (SSSR count). The number of ether oxygens (including phenoxy) is 3. The van der Waals surface area contributed by atoms with Crippen LogP contribution in [0.1, 0.15) is 18.1 Å². The van der Waals surface area contributed by atoms with E-state index in [-0.39, 0.29) is 0 Å². The summed E-state index contributed by atoms with van der Waals surface area (Å²) in [4.78, 5) is 0. The van der Waals surface area contributed by atoms with Crippen molar-refractivity contribution in [1.82, 2.24) is 10.2 Å². The van der Waals surface area contributed by atoms with Crippen molar-refractivity contribution in [2.24, 2.45) is 0 Å². The molecule has 0 fully saturated rings. The lowest BCUT2D eigenvalue weighted by Gasteiger charge is -2.15. The molecule has 0 radical (unpaired) electrons. The van der Waals surface area contributed by atoms with Gasteiger partial charge in [0.15, 0.2) is 0 Å². The number of halogens is 2. The Labute approximate surface area is 240 Å². The maximum atomic E-state index is 6.52. The van der Waals surface area contributed by atoms with Gasteiger partial charge in [0.2, 0.25) is 0 Å². The van der Waals surface area contributed by atoms with Crippen molar-refractivity contribution in [3.63, 3.8) is 0 Å². The molecule has 202 valence electrons. The number of nitrogens with zero attached hydrogens (tertiary/aromatic N) is 1. The van der Waals surface area contributed by atoms with Gasteiger partial charge in [-0.25, -0.2) is 0 Å². The van der Waals surface area contributed by atoms with Crippen LogP contribution in [-0.4, -0.2) is 31.5 Å². The van der Waals surface area contributed by atoms with Gasteiger partial charge in [-0.1, -0.05) is 91.9 Å². The van der Waals surface area contributed by atoms with Crippen molar-refractivity contribution in [3.8, 4) is 22.8 Å². The van der Waals surface area contributed by atoms with Crippen LogP contribution in [0.2, 0.25) is 30.7 Å². The molecule has 0 aliphatic rings. The van der Waals surface area contributed by atoms with E-state index in [1.165, 1.54) is 6.04 Å². The van der Waals surface area contributed by atoms with E-state index in [1.807, 2.05) is 79.7 Å². The molecule has 1 aromatic heterocycles. The molecule has 0 aliphatic carbocycles. The van der Waals surface area contributed by atoms with Crippen molar-refractivity contribution in [3.05, 3.63) is 99.6 Å². The summed E-state index contributed by atoms with van der Waals surface area (Å²) in [5.74, 6) is 1.23. The Kier molecular flexibility index (Phi) is 11.9. The minimum Gasteiger partial charge on any atom is -0.488 e. The largest absolute Gasteiger partial charge is 0.488 e. The maximum absolute atomic E-state index is 6.52. The van der Waals surface area contributed by atoms with Crippen LogP contribution < -0.4 is 9.47 Å². The first-order valence-corrected chi connectivity index (χ1v) is 17.6. The smallest absolute Gasteiger partial charge is 0.142 e. The SMILES string of the molecule is CCOCC[Si](C)(C)C.Clc1cc(-c2[nH]ncc2Br)c(OCc2ccccc2)cc1OCc1ccccc1. The van der Waals surface area contributed by atoms with E-state index >= 15 is 0 Å². The Morgan fingerprint density at radius 1 is 0.868 bits per heavy atom. The summed E-state index contributed by atoms with van der Waals surface area (Å²) in [6.07, 6.45) is 1.70. The van der Waals surface area contributed by atoms with Crippen LogP contribution in [0.4, 0.5) is 0 Å². The van der Waals surface area contributed by atoms with Gasteiger partial charge < -0.3 is 14.2 Å². The number of nitrogens with one attached hydrogen (secondary N) is 1. The van der Waals surface area contributed by atoms with E-state index in [0.29, 0.717) is 29.7 Å². The first-order chi connectivity index (χ1) is 18.3. The Morgan fingerprint density at radius 3 is 1.95 bits per heavy atom. The highest BCUT2D eigenvalue weighted by atomic mass is 79.9. The minimum absolute atomic E-state index is 0.422. The molecule has 1 heterocycles. The lowest BCUT2D eigenvalue weighted by molar-refractivity contribution is 0.161. The third-order valence-corrected chi connectivity index (χ3v) is 8.17. The Balaban J connectivity index is 0.000000383. The molecule has 0 spiro atoms. The fraction of sp³-hybridized carbons (Fsp3) is 0.300. The molecule has 0 bridgehead atoms. The predicted octanol–water partition coefficient (Wildman–Crippen LogP) is 9.01. The van der Waals surface area contributed by atoms with Crippen LogP contribution in [-0.2, 0) is 18.0 Å². The van der Waals surface area contributed by atoms with Crippen molar-refractivity contribution in [1.29, 1.82) is 0 Å². The summed E-state index contributed by atoms with van der Waals surface area (Å²) < 4.78 is 18.2. The predicted molar refractivity (Wildman–Crippen MR) is 163 cm³/mol. The zero-order valence-electron chi connectivity index (χ0n) is 22.5. The fourth-order valence-electron chi connectivity index (χ4n) is 3.41. The molecule has 0 saturated carbocycles. The highest BCUT2D eigenvalue weighted by molar-refractivity contribution is 9.10. The molecule has 4 aromatic rings. The zero-order valence-corrected chi connectivity index (χ0v) is 25.8. The lowest BCUT2D eigenvalue weighted by atomic mass is 10.1. The van der Waals surface area contributed by atoms with E-state index in [2.05, 4.69) is 45.8 Å². The molecule has 0 aliphatic heterocycles. The summed E-state index contributed by atoms with van der Waals surface area (Å²) in [6, 6.07) is 24.9. The van der Waals surface area contributed by atoms with Gasteiger partial charge in [0.25, 0.3) is 0 Å². The summed E-state index contributed by atoms with van der Waals surface area (Å²) >= 11 is 10.0. The van der Waals surface area contributed by atoms with Crippen LogP contribution in [0.25, 0.3) is 11.3 Å². The van der Waals surface area contributed by atoms with Crippen LogP contribution in [0.3, 0.4) is 0 Å². The van der Waals surface area contributed by atoms with E-state index in [4.69, 9.17) is 25.8 Å². The average molecular weight is 616 g/mol. The maximum Gasteiger partial charge on any atom is 0.142 e. The molecule has 8 heteroatoms. The van der Waals surface area contributed by atoms with Crippen molar-refractivity contribution in [2.75, 3.05) is 13.2 Å². The van der Waals surface area contributed by atoms with Gasteiger partial charge in [-0.2, -0.15) is 5.10 Å². The Morgan fingerprint density at radius 2 is 1.45 bits per heavy atom. The molecule has 0 unspecified atom stereocenters. The average Bonchev–Trinajstić information content (AvgIpc) is 3.33. The summed E-state index contributed by atoms with van der Waals surface area (Å²) in [6.45, 7) is 11.8. The second kappa shape index (κ2) is 15.1. The molecule has 0 amide bonds. The van der Waals surface area contributed by atoms with E-state index < -0.39 is 8.07 Å². The number of benzene rings is 3. The molecular weight excluding hydrogens is 580 g/mol. The summed E-state index contributed by atoms with van der Waals surface area (Å²) in [5.41, 5.74) is 3.74. The highest BCUT2D eigenvalue weighted by Gasteiger charge is 2.17. The lowest BCUT2D eigenvalue weighted by Crippen LogP contribution is -2.21. The van der Waals surface area contributed by atoms with Gasteiger partial charge in [0.1, 0.15) is 24.7 Å². The molecule has 0 saturated heterocycles. The quantitative estimate of drug-likeness (QED) is 0.135. The van der Waals surface area contributed by atoms with Crippen molar-refractivity contribution < 1.29 is 14.2 Å². The number of aromatic nitrogens is 2. The molecule has 38 heavy (non-hydrogen) atoms.